The highest BCUT2D eigenvalue weighted by molar-refractivity contribution is 6.08. The van der Waals surface area contributed by atoms with Gasteiger partial charge in [0.25, 0.3) is 0 Å². The lowest BCUT2D eigenvalue weighted by molar-refractivity contribution is 0.517. The van der Waals surface area contributed by atoms with Gasteiger partial charge in [0.2, 0.25) is 0 Å². The summed E-state index contributed by atoms with van der Waals surface area (Å²) in [6, 6.07) is 69.8. The first kappa shape index (κ1) is 37.8. The van der Waals surface area contributed by atoms with E-state index in [9.17, 15) is 0 Å². The van der Waals surface area contributed by atoms with E-state index in [1.165, 1.54) is 49.9 Å². The van der Waals surface area contributed by atoms with Crippen LogP contribution in [-0.4, -0.2) is 0 Å². The number of fused-ring (bicyclic) bond motifs is 6. The standard InChI is InChI=1S/C61H45NO2/c1-61(39-37-46(38-40-61)52-16-10-18-56-54-14-6-8-20-58(54)64-60(52)56)47-29-35-50(36-30-47)62(48-31-25-43(26-32-48)41-11-3-2-4-12-41)49-33-27-44(28-34-49)42-21-23-45(24-22-42)51-15-9-17-55-53-13-5-7-19-57(53)63-59(51)55/h2-14,16-39,51H,15,40H2,1H3. The number of rotatable bonds is 8. The number of benzene rings is 8. The molecule has 12 rings (SSSR count). The van der Waals surface area contributed by atoms with Crippen LogP contribution in [0.5, 0.6) is 0 Å². The van der Waals surface area contributed by atoms with E-state index in [-0.39, 0.29) is 11.3 Å². The van der Waals surface area contributed by atoms with Crippen LogP contribution in [0.2, 0.25) is 0 Å². The van der Waals surface area contributed by atoms with E-state index in [0.717, 1.165) is 68.7 Å². The zero-order valence-electron chi connectivity index (χ0n) is 35.6. The topological polar surface area (TPSA) is 29.5 Å². The number of para-hydroxylation sites is 3. The maximum atomic E-state index is 6.43. The van der Waals surface area contributed by atoms with Crippen LogP contribution in [0.1, 0.15) is 53.7 Å². The fourth-order valence-corrected chi connectivity index (χ4v) is 9.93. The summed E-state index contributed by atoms with van der Waals surface area (Å²) in [5, 5.41) is 3.50. The van der Waals surface area contributed by atoms with Crippen molar-refractivity contribution in [3.05, 3.63) is 246 Å². The lowest BCUT2D eigenvalue weighted by Crippen LogP contribution is -2.20. The summed E-state index contributed by atoms with van der Waals surface area (Å²) in [4.78, 5) is 2.36. The molecule has 306 valence electrons. The van der Waals surface area contributed by atoms with Gasteiger partial charge < -0.3 is 13.7 Å². The molecule has 3 nitrogen and oxygen atoms in total. The van der Waals surface area contributed by atoms with Gasteiger partial charge in [-0.05, 0) is 100 Å². The molecule has 0 aliphatic heterocycles. The van der Waals surface area contributed by atoms with Crippen molar-refractivity contribution < 1.29 is 8.83 Å². The maximum Gasteiger partial charge on any atom is 0.143 e. The van der Waals surface area contributed by atoms with Gasteiger partial charge in [-0.15, -0.1) is 0 Å². The van der Waals surface area contributed by atoms with Crippen molar-refractivity contribution in [1.29, 1.82) is 0 Å². The zero-order valence-corrected chi connectivity index (χ0v) is 35.6. The van der Waals surface area contributed by atoms with Gasteiger partial charge in [0, 0.05) is 55.7 Å². The minimum absolute atomic E-state index is 0.148. The van der Waals surface area contributed by atoms with Crippen molar-refractivity contribution in [3.8, 4) is 22.3 Å². The van der Waals surface area contributed by atoms with E-state index in [4.69, 9.17) is 8.83 Å². The van der Waals surface area contributed by atoms with Crippen LogP contribution in [0, 0.1) is 0 Å². The first-order chi connectivity index (χ1) is 31.6. The number of allylic oxidation sites excluding steroid dienone is 5. The molecule has 2 aliphatic rings. The molecule has 0 amide bonds. The van der Waals surface area contributed by atoms with Gasteiger partial charge in [-0.1, -0.05) is 183 Å². The van der Waals surface area contributed by atoms with Crippen LogP contribution in [0.25, 0.3) is 66.8 Å². The Labute approximate surface area is 373 Å². The van der Waals surface area contributed by atoms with Gasteiger partial charge in [-0.3, -0.25) is 0 Å². The van der Waals surface area contributed by atoms with Crippen molar-refractivity contribution in [2.45, 2.75) is 31.1 Å². The number of furan rings is 2. The number of hydrogen-bond donors (Lipinski definition) is 0. The Hall–Kier alpha value is -7.88. The first-order valence-corrected chi connectivity index (χ1v) is 22.3. The predicted molar refractivity (Wildman–Crippen MR) is 267 cm³/mol. The number of hydrogen-bond acceptors (Lipinski definition) is 3. The second-order valence-corrected chi connectivity index (χ2v) is 17.4. The van der Waals surface area contributed by atoms with Crippen molar-refractivity contribution in [3.63, 3.8) is 0 Å². The summed E-state index contributed by atoms with van der Waals surface area (Å²) < 4.78 is 12.8. The molecule has 0 bridgehead atoms. The molecule has 0 fully saturated rings. The van der Waals surface area contributed by atoms with E-state index in [1.54, 1.807) is 0 Å². The molecular weight excluding hydrogens is 779 g/mol. The molecule has 0 saturated heterocycles. The quantitative estimate of drug-likeness (QED) is 0.153. The molecule has 10 aromatic rings. The molecule has 2 unspecified atom stereocenters. The summed E-state index contributed by atoms with van der Waals surface area (Å²) in [7, 11) is 0. The summed E-state index contributed by atoms with van der Waals surface area (Å²) in [6.07, 6.45) is 13.3. The monoisotopic (exact) mass is 823 g/mol. The Kier molecular flexibility index (Phi) is 9.15. The summed E-state index contributed by atoms with van der Waals surface area (Å²) >= 11 is 0. The Bertz CT molecular complexity index is 3420. The smallest absolute Gasteiger partial charge is 0.143 e. The van der Waals surface area contributed by atoms with E-state index >= 15 is 0 Å². The Balaban J connectivity index is 0.829. The lowest BCUT2D eigenvalue weighted by Gasteiger charge is -2.30. The number of anilines is 3. The van der Waals surface area contributed by atoms with E-state index in [1.807, 2.05) is 18.2 Å². The second kappa shape index (κ2) is 15.5. The van der Waals surface area contributed by atoms with Crippen molar-refractivity contribution >= 4 is 61.6 Å². The van der Waals surface area contributed by atoms with Crippen LogP contribution in [0.15, 0.2) is 227 Å². The van der Waals surface area contributed by atoms with E-state index < -0.39 is 0 Å². The van der Waals surface area contributed by atoms with Gasteiger partial charge >= 0.3 is 0 Å². The van der Waals surface area contributed by atoms with Crippen LogP contribution in [-0.2, 0) is 5.41 Å². The Morgan fingerprint density at radius 3 is 1.72 bits per heavy atom. The van der Waals surface area contributed by atoms with Gasteiger partial charge in [0.05, 0.1) is 0 Å². The molecule has 2 aliphatic carbocycles. The third kappa shape index (κ3) is 6.60. The molecule has 2 heterocycles. The lowest BCUT2D eigenvalue weighted by atomic mass is 9.75. The van der Waals surface area contributed by atoms with Gasteiger partial charge in [-0.25, -0.2) is 0 Å². The van der Waals surface area contributed by atoms with E-state index in [0.29, 0.717) is 0 Å². The Morgan fingerprint density at radius 1 is 0.500 bits per heavy atom. The molecule has 3 heteroatoms. The molecule has 64 heavy (non-hydrogen) atoms. The fraction of sp³-hybridized carbons (Fsp3) is 0.0820. The first-order valence-electron chi connectivity index (χ1n) is 22.3. The highest BCUT2D eigenvalue weighted by atomic mass is 16.3. The van der Waals surface area contributed by atoms with Gasteiger partial charge in [0.1, 0.15) is 22.5 Å². The van der Waals surface area contributed by atoms with E-state index in [2.05, 4.69) is 218 Å². The van der Waals surface area contributed by atoms with Gasteiger partial charge in [-0.2, -0.15) is 0 Å². The third-order valence-electron chi connectivity index (χ3n) is 13.5. The molecule has 2 atom stereocenters. The highest BCUT2D eigenvalue weighted by Gasteiger charge is 2.28. The molecule has 0 saturated carbocycles. The molecule has 2 aromatic heterocycles. The average Bonchev–Trinajstić information content (AvgIpc) is 3.94. The van der Waals surface area contributed by atoms with Crippen molar-refractivity contribution in [2.75, 3.05) is 4.90 Å². The minimum atomic E-state index is -0.148. The van der Waals surface area contributed by atoms with Crippen LogP contribution >= 0.6 is 0 Å². The third-order valence-corrected chi connectivity index (χ3v) is 13.5. The van der Waals surface area contributed by atoms with Crippen molar-refractivity contribution in [2.24, 2.45) is 0 Å². The zero-order chi connectivity index (χ0) is 42.6. The predicted octanol–water partition coefficient (Wildman–Crippen LogP) is 17.0. The molecule has 0 spiro atoms. The van der Waals surface area contributed by atoms with Crippen LogP contribution in [0.4, 0.5) is 17.1 Å². The van der Waals surface area contributed by atoms with Crippen molar-refractivity contribution in [1.82, 2.24) is 0 Å². The normalized spacial score (nSPS) is 16.9. The van der Waals surface area contributed by atoms with Crippen LogP contribution in [0.3, 0.4) is 0 Å². The molecule has 8 aromatic carbocycles. The number of nitrogens with zero attached hydrogens (tertiary/aromatic N) is 1. The summed E-state index contributed by atoms with van der Waals surface area (Å²) in [6.45, 7) is 2.33. The summed E-state index contributed by atoms with van der Waals surface area (Å²) in [5.41, 5.74) is 16.9. The molecule has 0 N–H and O–H groups in total. The average molecular weight is 824 g/mol. The maximum absolute atomic E-state index is 6.43. The largest absolute Gasteiger partial charge is 0.460 e. The molecule has 0 radical (unpaired) electrons. The van der Waals surface area contributed by atoms with Gasteiger partial charge in [0.15, 0.2) is 0 Å². The Morgan fingerprint density at radius 2 is 1.06 bits per heavy atom. The second-order valence-electron chi connectivity index (χ2n) is 17.4. The molecular formula is C61H45NO2. The fourth-order valence-electron chi connectivity index (χ4n) is 9.93. The highest BCUT2D eigenvalue weighted by Crippen LogP contribution is 2.44. The minimum Gasteiger partial charge on any atom is -0.460 e. The summed E-state index contributed by atoms with van der Waals surface area (Å²) in [5.74, 6) is 1.26. The van der Waals surface area contributed by atoms with Crippen LogP contribution < -0.4 is 4.90 Å². The SMILES string of the molecule is CC1(c2ccc(N(c3ccc(-c4ccccc4)cc3)c3ccc(-c4ccc(C5CC=Cc6c5oc5ccccc65)cc4)cc3)cc2)C=CC(c2cccc3c2oc2ccccc23)=CC1.